The maximum Gasteiger partial charge on any atom is 0.336 e. The zero-order valence-corrected chi connectivity index (χ0v) is 8.99. The summed E-state index contributed by atoms with van der Waals surface area (Å²) in [5.74, 6) is -1.10. The van der Waals surface area contributed by atoms with Gasteiger partial charge in [-0.25, -0.2) is 4.79 Å². The van der Waals surface area contributed by atoms with Crippen LogP contribution in [0.5, 0.6) is 0 Å². The molecule has 2 atom stereocenters. The lowest BCUT2D eigenvalue weighted by Gasteiger charge is -2.17. The molecule has 2 unspecified atom stereocenters. The van der Waals surface area contributed by atoms with Gasteiger partial charge in [0.05, 0.1) is 11.7 Å². The molecule has 0 spiro atoms. The number of aromatic carboxylic acids is 1. The Labute approximate surface area is 91.0 Å². The van der Waals surface area contributed by atoms with Crippen LogP contribution in [0.1, 0.15) is 22.0 Å². The van der Waals surface area contributed by atoms with Gasteiger partial charge < -0.3 is 20.6 Å². The summed E-state index contributed by atoms with van der Waals surface area (Å²) in [6, 6.07) is 0. The van der Waals surface area contributed by atoms with Crippen molar-refractivity contribution < 1.29 is 20.1 Å². The molecule has 0 aromatic carbocycles. The van der Waals surface area contributed by atoms with E-state index in [4.69, 9.17) is 5.11 Å². The molecule has 0 saturated heterocycles. The predicted molar refractivity (Wildman–Crippen MR) is 56.2 cm³/mol. The fourth-order valence-corrected chi connectivity index (χ4v) is 2.09. The van der Waals surface area contributed by atoms with Crippen molar-refractivity contribution in [3.8, 4) is 0 Å². The molecule has 0 saturated carbocycles. The summed E-state index contributed by atoms with van der Waals surface area (Å²) in [5, 5.41) is 33.7. The van der Waals surface area contributed by atoms with Crippen molar-refractivity contribution in [1.82, 2.24) is 5.32 Å². The maximum atomic E-state index is 10.8. The summed E-state index contributed by atoms with van der Waals surface area (Å²) in [7, 11) is 1.64. The van der Waals surface area contributed by atoms with Crippen LogP contribution in [-0.2, 0) is 0 Å². The Morgan fingerprint density at radius 3 is 2.73 bits per heavy atom. The predicted octanol–water partition coefficient (Wildman–Crippen LogP) is 0.0600. The number of carboxylic acids is 1. The molecule has 0 aliphatic carbocycles. The minimum atomic E-state index is -1.17. The van der Waals surface area contributed by atoms with Crippen molar-refractivity contribution in [2.45, 2.75) is 12.2 Å². The summed E-state index contributed by atoms with van der Waals surface area (Å²) < 4.78 is 0. The van der Waals surface area contributed by atoms with Crippen LogP contribution >= 0.6 is 11.3 Å². The van der Waals surface area contributed by atoms with Crippen LogP contribution in [0.2, 0.25) is 0 Å². The van der Waals surface area contributed by atoms with Gasteiger partial charge in [0.1, 0.15) is 6.10 Å². The van der Waals surface area contributed by atoms with Crippen LogP contribution in [0.25, 0.3) is 0 Å². The highest BCUT2D eigenvalue weighted by Crippen LogP contribution is 2.24. The fraction of sp³-hybridized carbons (Fsp3) is 0.444. The molecule has 1 aromatic heterocycles. The topological polar surface area (TPSA) is 89.8 Å². The van der Waals surface area contributed by atoms with Gasteiger partial charge in [-0.05, 0) is 12.4 Å². The number of aliphatic hydroxyl groups excluding tert-OH is 2. The lowest BCUT2D eigenvalue weighted by atomic mass is 10.0. The highest BCUT2D eigenvalue weighted by atomic mass is 32.1. The normalized spacial score (nSPS) is 14.9. The van der Waals surface area contributed by atoms with E-state index < -0.39 is 18.2 Å². The molecule has 84 valence electrons. The second-order valence-electron chi connectivity index (χ2n) is 3.12. The number of aliphatic hydroxyl groups is 2. The monoisotopic (exact) mass is 231 g/mol. The number of likely N-dealkylation sites (N-methyl/N-ethyl adjacent to an activating group) is 1. The third kappa shape index (κ3) is 2.75. The highest BCUT2D eigenvalue weighted by Gasteiger charge is 2.23. The summed E-state index contributed by atoms with van der Waals surface area (Å²) in [6.45, 7) is 0.204. The first-order valence-corrected chi connectivity index (χ1v) is 5.32. The number of rotatable bonds is 5. The Bertz CT molecular complexity index is 339. The zero-order chi connectivity index (χ0) is 11.4. The second kappa shape index (κ2) is 5.22. The standard InChI is InChI=1S/C9H13NO4S/c1-10-2-7(11)8(12)5-3-15-4-6(5)9(13)14/h3-4,7-8,10-12H,2H2,1H3,(H,13,14). The van der Waals surface area contributed by atoms with Crippen molar-refractivity contribution in [1.29, 1.82) is 0 Å². The third-order valence-corrected chi connectivity index (χ3v) is 2.78. The third-order valence-electron chi connectivity index (χ3n) is 2.02. The van der Waals surface area contributed by atoms with Crippen LogP contribution < -0.4 is 5.32 Å². The Morgan fingerprint density at radius 1 is 1.53 bits per heavy atom. The zero-order valence-electron chi connectivity index (χ0n) is 8.17. The lowest BCUT2D eigenvalue weighted by Crippen LogP contribution is -2.30. The Kier molecular flexibility index (Phi) is 4.22. The maximum absolute atomic E-state index is 10.8. The first-order valence-electron chi connectivity index (χ1n) is 4.38. The molecule has 0 bridgehead atoms. The Balaban J connectivity index is 2.85. The van der Waals surface area contributed by atoms with Gasteiger partial charge in [0.25, 0.3) is 0 Å². The molecule has 15 heavy (non-hydrogen) atoms. The van der Waals surface area contributed by atoms with Crippen LogP contribution in [0.3, 0.4) is 0 Å². The van der Waals surface area contributed by atoms with Crippen LogP contribution in [0, 0.1) is 0 Å². The molecule has 0 fully saturated rings. The van der Waals surface area contributed by atoms with Crippen molar-refractivity contribution in [2.24, 2.45) is 0 Å². The first kappa shape index (κ1) is 12.1. The molecular formula is C9H13NO4S. The molecule has 1 rings (SSSR count). The Morgan fingerprint density at radius 2 is 2.20 bits per heavy atom. The summed E-state index contributed by atoms with van der Waals surface area (Å²) in [5.41, 5.74) is 0.304. The van der Waals surface area contributed by atoms with E-state index >= 15 is 0 Å². The molecule has 5 nitrogen and oxygen atoms in total. The second-order valence-corrected chi connectivity index (χ2v) is 3.86. The van der Waals surface area contributed by atoms with E-state index in [1.165, 1.54) is 22.1 Å². The lowest BCUT2D eigenvalue weighted by molar-refractivity contribution is 0.0195. The number of hydrogen-bond acceptors (Lipinski definition) is 5. The number of nitrogens with one attached hydrogen (secondary N) is 1. The van der Waals surface area contributed by atoms with Gasteiger partial charge >= 0.3 is 5.97 Å². The van der Waals surface area contributed by atoms with E-state index in [9.17, 15) is 15.0 Å². The van der Waals surface area contributed by atoms with Gasteiger partial charge in [-0.1, -0.05) is 0 Å². The van der Waals surface area contributed by atoms with Crippen molar-refractivity contribution in [3.05, 3.63) is 21.9 Å². The van der Waals surface area contributed by atoms with Gasteiger partial charge in [-0.15, -0.1) is 0 Å². The van der Waals surface area contributed by atoms with Gasteiger partial charge in [0.15, 0.2) is 0 Å². The number of carboxylic acid groups (broad SMARTS) is 1. The number of hydrogen-bond donors (Lipinski definition) is 4. The smallest absolute Gasteiger partial charge is 0.336 e. The SMILES string of the molecule is CNCC(O)C(O)c1cscc1C(=O)O. The average Bonchev–Trinajstić information content (AvgIpc) is 2.65. The average molecular weight is 231 g/mol. The first-order chi connectivity index (χ1) is 7.07. The molecule has 1 heterocycles. The van der Waals surface area contributed by atoms with Gasteiger partial charge in [-0.2, -0.15) is 11.3 Å². The van der Waals surface area contributed by atoms with Gasteiger partial charge in [-0.3, -0.25) is 0 Å². The molecule has 0 aliphatic rings. The van der Waals surface area contributed by atoms with Gasteiger partial charge in [0.2, 0.25) is 0 Å². The largest absolute Gasteiger partial charge is 0.478 e. The summed E-state index contributed by atoms with van der Waals surface area (Å²) >= 11 is 1.19. The Hall–Kier alpha value is -0.950. The molecular weight excluding hydrogens is 218 g/mol. The van der Waals surface area contributed by atoms with E-state index in [2.05, 4.69) is 5.32 Å². The molecule has 1 aromatic rings. The number of thiophene rings is 1. The van der Waals surface area contributed by atoms with Crippen LogP contribution in [-0.4, -0.2) is 41.0 Å². The van der Waals surface area contributed by atoms with E-state index in [-0.39, 0.29) is 17.7 Å². The van der Waals surface area contributed by atoms with E-state index in [0.717, 1.165) is 0 Å². The minimum absolute atomic E-state index is 0.0441. The fourth-order valence-electron chi connectivity index (χ4n) is 1.24. The van der Waals surface area contributed by atoms with E-state index in [0.29, 0.717) is 0 Å². The number of carbonyl (C=O) groups is 1. The van der Waals surface area contributed by atoms with Crippen molar-refractivity contribution >= 4 is 17.3 Å². The molecule has 6 heteroatoms. The molecule has 4 N–H and O–H groups in total. The van der Waals surface area contributed by atoms with Crippen molar-refractivity contribution in [2.75, 3.05) is 13.6 Å². The highest BCUT2D eigenvalue weighted by molar-refractivity contribution is 7.08. The van der Waals surface area contributed by atoms with Crippen LogP contribution in [0.4, 0.5) is 0 Å². The summed E-state index contributed by atoms with van der Waals surface area (Å²) in [4.78, 5) is 10.8. The summed E-state index contributed by atoms with van der Waals surface area (Å²) in [6.07, 6.45) is -2.18. The molecule has 0 amide bonds. The van der Waals surface area contributed by atoms with E-state index in [1.54, 1.807) is 7.05 Å². The van der Waals surface area contributed by atoms with E-state index in [1.807, 2.05) is 0 Å². The van der Waals surface area contributed by atoms with Gasteiger partial charge in [0, 0.05) is 17.5 Å². The molecule has 0 aliphatic heterocycles. The quantitative estimate of drug-likeness (QED) is 0.575. The minimum Gasteiger partial charge on any atom is -0.478 e. The molecule has 0 radical (unpaired) electrons. The van der Waals surface area contributed by atoms with Crippen LogP contribution in [0.15, 0.2) is 10.8 Å². The van der Waals surface area contributed by atoms with Crippen molar-refractivity contribution in [3.63, 3.8) is 0 Å².